The van der Waals surface area contributed by atoms with Gasteiger partial charge in [0, 0.05) is 11.6 Å². The number of anilines is 1. The number of hydrogen-bond acceptors (Lipinski definition) is 3. The van der Waals surface area contributed by atoms with Gasteiger partial charge in [0.15, 0.2) is 0 Å². The second-order valence-corrected chi connectivity index (χ2v) is 5.96. The van der Waals surface area contributed by atoms with Crippen LogP contribution in [0.2, 0.25) is 0 Å². The Bertz CT molecular complexity index is 408. The van der Waals surface area contributed by atoms with Crippen LogP contribution in [0.5, 0.6) is 5.75 Å². The zero-order chi connectivity index (χ0) is 13.2. The van der Waals surface area contributed by atoms with E-state index in [1.165, 1.54) is 6.07 Å². The molecule has 0 radical (unpaired) electrons. The largest absolute Gasteiger partial charge is 0.489 e. The second-order valence-electron chi connectivity index (χ2n) is 4.80. The van der Waals surface area contributed by atoms with E-state index in [9.17, 15) is 4.39 Å². The number of rotatable bonds is 4. The molecule has 17 heavy (non-hydrogen) atoms. The molecule has 0 spiro atoms. The first-order chi connectivity index (χ1) is 7.74. The summed E-state index contributed by atoms with van der Waals surface area (Å²) in [5.74, 6) is 0.0929. The third kappa shape index (κ3) is 3.70. The molecule has 0 aromatic heterocycles. The Balaban J connectivity index is 2.80. The van der Waals surface area contributed by atoms with Crippen LogP contribution in [0, 0.1) is 9.39 Å². The van der Waals surface area contributed by atoms with Gasteiger partial charge < -0.3 is 15.4 Å². The van der Waals surface area contributed by atoms with Crippen LogP contribution in [-0.4, -0.2) is 31.1 Å². The molecule has 1 aromatic carbocycles. The SMILES string of the molecule is CN(C)C(C)(C)COc1cc(F)c(I)cc1N. The summed E-state index contributed by atoms with van der Waals surface area (Å²) in [6.07, 6.45) is 0. The Morgan fingerprint density at radius 3 is 2.53 bits per heavy atom. The maximum atomic E-state index is 13.4. The fourth-order valence-corrected chi connectivity index (χ4v) is 1.54. The van der Waals surface area contributed by atoms with Gasteiger partial charge >= 0.3 is 0 Å². The predicted octanol–water partition coefficient (Wildman–Crippen LogP) is 2.73. The van der Waals surface area contributed by atoms with Gasteiger partial charge in [-0.2, -0.15) is 0 Å². The Morgan fingerprint density at radius 2 is 2.00 bits per heavy atom. The normalized spacial score (nSPS) is 11.9. The average molecular weight is 352 g/mol. The standard InChI is InChI=1S/C12H18FIN2O/c1-12(2,16(3)4)7-17-11-5-8(13)9(14)6-10(11)15/h5-6H,7,15H2,1-4H3. The van der Waals surface area contributed by atoms with E-state index in [1.807, 2.05) is 55.4 Å². The first kappa shape index (κ1) is 14.5. The maximum Gasteiger partial charge on any atom is 0.145 e. The summed E-state index contributed by atoms with van der Waals surface area (Å²) in [6.45, 7) is 4.54. The molecular formula is C12H18FIN2O. The number of halogens is 2. The molecule has 96 valence electrons. The second kappa shape index (κ2) is 5.39. The van der Waals surface area contributed by atoms with Gasteiger partial charge in [-0.05, 0) is 56.6 Å². The lowest BCUT2D eigenvalue weighted by Gasteiger charge is -2.32. The van der Waals surface area contributed by atoms with Crippen molar-refractivity contribution in [3.63, 3.8) is 0 Å². The Labute approximate surface area is 115 Å². The molecule has 0 heterocycles. The monoisotopic (exact) mass is 352 g/mol. The van der Waals surface area contributed by atoms with Crippen LogP contribution in [-0.2, 0) is 0 Å². The molecular weight excluding hydrogens is 334 g/mol. The number of benzene rings is 1. The maximum absolute atomic E-state index is 13.4. The molecule has 0 fully saturated rings. The molecule has 0 aliphatic rings. The number of nitrogens with two attached hydrogens (primary N) is 1. The number of hydrogen-bond donors (Lipinski definition) is 1. The fraction of sp³-hybridized carbons (Fsp3) is 0.500. The lowest BCUT2D eigenvalue weighted by Crippen LogP contribution is -2.43. The quantitative estimate of drug-likeness (QED) is 0.669. The number of nitrogens with zero attached hydrogens (tertiary/aromatic N) is 1. The van der Waals surface area contributed by atoms with Crippen molar-refractivity contribution in [2.75, 3.05) is 26.4 Å². The van der Waals surface area contributed by atoms with Gasteiger partial charge in [0.1, 0.15) is 18.2 Å². The lowest BCUT2D eigenvalue weighted by atomic mass is 10.1. The van der Waals surface area contributed by atoms with Crippen molar-refractivity contribution in [2.45, 2.75) is 19.4 Å². The van der Waals surface area contributed by atoms with Gasteiger partial charge in [-0.1, -0.05) is 0 Å². The van der Waals surface area contributed by atoms with Crippen LogP contribution >= 0.6 is 22.6 Å². The topological polar surface area (TPSA) is 38.5 Å². The minimum absolute atomic E-state index is 0.133. The van der Waals surface area contributed by atoms with Crippen molar-refractivity contribution in [1.29, 1.82) is 0 Å². The van der Waals surface area contributed by atoms with Crippen LogP contribution in [0.1, 0.15) is 13.8 Å². The summed E-state index contributed by atoms with van der Waals surface area (Å²) in [5.41, 5.74) is 6.12. The zero-order valence-electron chi connectivity index (χ0n) is 10.6. The van der Waals surface area contributed by atoms with Crippen molar-refractivity contribution >= 4 is 28.3 Å². The van der Waals surface area contributed by atoms with Crippen molar-refractivity contribution < 1.29 is 9.13 Å². The average Bonchev–Trinajstić information content (AvgIpc) is 2.21. The summed E-state index contributed by atoms with van der Waals surface area (Å²) in [4.78, 5) is 2.05. The highest BCUT2D eigenvalue weighted by molar-refractivity contribution is 14.1. The highest BCUT2D eigenvalue weighted by Gasteiger charge is 2.22. The first-order valence-corrected chi connectivity index (χ1v) is 6.36. The van der Waals surface area contributed by atoms with Gasteiger partial charge in [-0.3, -0.25) is 0 Å². The summed E-state index contributed by atoms with van der Waals surface area (Å²) in [7, 11) is 3.95. The number of nitrogen functional groups attached to an aromatic ring is 1. The molecule has 0 atom stereocenters. The molecule has 0 amide bonds. The molecule has 0 saturated heterocycles. The van der Waals surface area contributed by atoms with Gasteiger partial charge in [0.25, 0.3) is 0 Å². The number of ether oxygens (including phenoxy) is 1. The molecule has 0 unspecified atom stereocenters. The third-order valence-corrected chi connectivity index (χ3v) is 3.67. The van der Waals surface area contributed by atoms with Crippen LogP contribution in [0.3, 0.4) is 0 Å². The van der Waals surface area contributed by atoms with Gasteiger partial charge in [0.05, 0.1) is 9.26 Å². The van der Waals surface area contributed by atoms with E-state index in [2.05, 4.69) is 0 Å². The molecule has 0 bridgehead atoms. The molecule has 5 heteroatoms. The zero-order valence-corrected chi connectivity index (χ0v) is 12.7. The van der Waals surface area contributed by atoms with E-state index in [-0.39, 0.29) is 11.4 Å². The van der Waals surface area contributed by atoms with Crippen LogP contribution < -0.4 is 10.5 Å². The van der Waals surface area contributed by atoms with Crippen molar-refractivity contribution in [1.82, 2.24) is 4.90 Å². The van der Waals surface area contributed by atoms with Gasteiger partial charge in [-0.25, -0.2) is 4.39 Å². The molecule has 0 aliphatic carbocycles. The third-order valence-electron chi connectivity index (χ3n) is 2.84. The molecule has 0 saturated carbocycles. The summed E-state index contributed by atoms with van der Waals surface area (Å²) in [5, 5.41) is 0. The molecule has 0 aliphatic heterocycles. The molecule has 1 aromatic rings. The number of likely N-dealkylation sites (N-methyl/N-ethyl adjacent to an activating group) is 1. The molecule has 1 rings (SSSR count). The van der Waals surface area contributed by atoms with E-state index in [0.29, 0.717) is 21.6 Å². The molecule has 3 nitrogen and oxygen atoms in total. The van der Waals surface area contributed by atoms with E-state index >= 15 is 0 Å². The van der Waals surface area contributed by atoms with Crippen molar-refractivity contribution in [2.24, 2.45) is 0 Å². The Morgan fingerprint density at radius 1 is 1.41 bits per heavy atom. The predicted molar refractivity (Wildman–Crippen MR) is 76.8 cm³/mol. The van der Waals surface area contributed by atoms with Crippen LogP contribution in [0.25, 0.3) is 0 Å². The van der Waals surface area contributed by atoms with Crippen molar-refractivity contribution in [3.8, 4) is 5.75 Å². The van der Waals surface area contributed by atoms with Crippen LogP contribution in [0.4, 0.5) is 10.1 Å². The van der Waals surface area contributed by atoms with Crippen LogP contribution in [0.15, 0.2) is 12.1 Å². The minimum Gasteiger partial charge on any atom is -0.489 e. The highest BCUT2D eigenvalue weighted by atomic mass is 127. The van der Waals surface area contributed by atoms with E-state index in [1.54, 1.807) is 6.07 Å². The highest BCUT2D eigenvalue weighted by Crippen LogP contribution is 2.27. The minimum atomic E-state index is -0.308. The molecule has 2 N–H and O–H groups in total. The Hall–Kier alpha value is -0.560. The lowest BCUT2D eigenvalue weighted by molar-refractivity contribution is 0.114. The van der Waals surface area contributed by atoms with E-state index in [4.69, 9.17) is 10.5 Å². The first-order valence-electron chi connectivity index (χ1n) is 5.29. The smallest absolute Gasteiger partial charge is 0.145 e. The van der Waals surface area contributed by atoms with E-state index < -0.39 is 0 Å². The van der Waals surface area contributed by atoms with Gasteiger partial charge in [0.2, 0.25) is 0 Å². The Kier molecular flexibility index (Phi) is 4.60. The fourth-order valence-electron chi connectivity index (χ4n) is 1.05. The summed E-state index contributed by atoms with van der Waals surface area (Å²) < 4.78 is 19.5. The van der Waals surface area contributed by atoms with E-state index in [0.717, 1.165) is 0 Å². The summed E-state index contributed by atoms with van der Waals surface area (Å²) in [6, 6.07) is 2.91. The summed E-state index contributed by atoms with van der Waals surface area (Å²) >= 11 is 1.90. The van der Waals surface area contributed by atoms with Crippen molar-refractivity contribution in [3.05, 3.63) is 21.5 Å². The van der Waals surface area contributed by atoms with Gasteiger partial charge in [-0.15, -0.1) is 0 Å².